The van der Waals surface area contributed by atoms with Crippen molar-refractivity contribution >= 4 is 33.2 Å². The Morgan fingerprint density at radius 3 is 2.36 bits per heavy atom. The van der Waals surface area contributed by atoms with Gasteiger partial charge in [-0.3, -0.25) is 4.79 Å². The predicted octanol–water partition coefficient (Wildman–Crippen LogP) is 5.08. The fourth-order valence-corrected chi connectivity index (χ4v) is 7.22. The highest BCUT2D eigenvalue weighted by molar-refractivity contribution is 9.10. The molecule has 0 aromatic carbocycles. The van der Waals surface area contributed by atoms with E-state index in [0.29, 0.717) is 11.3 Å². The summed E-state index contributed by atoms with van der Waals surface area (Å²) in [6, 6.07) is 2.12. The first-order chi connectivity index (χ1) is 10.5. The van der Waals surface area contributed by atoms with Crippen LogP contribution in [-0.2, 0) is 11.3 Å². The van der Waals surface area contributed by atoms with Crippen LogP contribution < -0.4 is 0 Å². The molecule has 4 aliphatic carbocycles. The number of amides is 1. The van der Waals surface area contributed by atoms with Crippen molar-refractivity contribution in [2.24, 2.45) is 23.2 Å². The third-order valence-electron chi connectivity index (χ3n) is 6.13. The molecule has 0 spiro atoms. The molecule has 4 heteroatoms. The van der Waals surface area contributed by atoms with E-state index >= 15 is 0 Å². The molecule has 4 saturated carbocycles. The topological polar surface area (TPSA) is 20.3 Å². The van der Waals surface area contributed by atoms with Gasteiger partial charge in [-0.15, -0.1) is 11.3 Å². The Hall–Kier alpha value is -0.350. The monoisotopic (exact) mass is 381 g/mol. The van der Waals surface area contributed by atoms with Crippen LogP contribution in [0.1, 0.15) is 49.8 Å². The van der Waals surface area contributed by atoms with Gasteiger partial charge in [0.25, 0.3) is 0 Å². The summed E-state index contributed by atoms with van der Waals surface area (Å²) in [7, 11) is 1.97. The summed E-state index contributed by atoms with van der Waals surface area (Å²) in [5.41, 5.74) is 0.357. The van der Waals surface area contributed by atoms with Crippen molar-refractivity contribution in [1.82, 2.24) is 4.90 Å². The second-order valence-electron chi connectivity index (χ2n) is 8.08. The molecule has 22 heavy (non-hydrogen) atoms. The molecule has 0 atom stereocenters. The van der Waals surface area contributed by atoms with Crippen molar-refractivity contribution < 1.29 is 4.79 Å². The summed E-state index contributed by atoms with van der Waals surface area (Å²) in [6.07, 6.45) is 9.11. The Morgan fingerprint density at radius 1 is 1.27 bits per heavy atom. The van der Waals surface area contributed by atoms with Crippen LogP contribution >= 0.6 is 27.3 Å². The highest BCUT2D eigenvalue weighted by Gasteiger charge is 2.51. The summed E-state index contributed by atoms with van der Waals surface area (Å²) in [5, 5.41) is 2.09. The van der Waals surface area contributed by atoms with Crippen molar-refractivity contribution in [3.05, 3.63) is 20.8 Å². The van der Waals surface area contributed by atoms with Gasteiger partial charge in [-0.25, -0.2) is 0 Å². The predicted molar refractivity (Wildman–Crippen MR) is 93.7 cm³/mol. The number of rotatable bonds is 4. The average molecular weight is 382 g/mol. The van der Waals surface area contributed by atoms with Crippen LogP contribution in [0, 0.1) is 23.2 Å². The van der Waals surface area contributed by atoms with Gasteiger partial charge in [0.2, 0.25) is 5.91 Å². The lowest BCUT2D eigenvalue weighted by molar-refractivity contribution is -0.138. The molecule has 0 saturated heterocycles. The van der Waals surface area contributed by atoms with Crippen molar-refractivity contribution in [3.8, 4) is 0 Å². The van der Waals surface area contributed by atoms with E-state index in [1.165, 1.54) is 43.4 Å². The molecule has 0 radical (unpaired) electrons. The third-order valence-corrected chi connectivity index (χ3v) is 7.81. The number of thiophene rings is 1. The van der Waals surface area contributed by atoms with Crippen molar-refractivity contribution in [2.75, 3.05) is 7.05 Å². The zero-order chi connectivity index (χ0) is 15.3. The molecule has 120 valence electrons. The Bertz CT molecular complexity index is 546. The second-order valence-corrected chi connectivity index (χ2v) is 9.99. The Kier molecular flexibility index (Phi) is 3.88. The number of carbonyl (C=O) groups excluding carboxylic acids is 1. The number of halogens is 1. The summed E-state index contributed by atoms with van der Waals surface area (Å²) >= 11 is 5.22. The first kappa shape index (κ1) is 15.2. The van der Waals surface area contributed by atoms with Crippen LogP contribution in [0.2, 0.25) is 0 Å². The number of carbonyl (C=O) groups is 1. The van der Waals surface area contributed by atoms with Crippen molar-refractivity contribution in [1.29, 1.82) is 0 Å². The van der Waals surface area contributed by atoms with E-state index in [1.54, 1.807) is 11.3 Å². The van der Waals surface area contributed by atoms with E-state index in [1.807, 2.05) is 11.9 Å². The van der Waals surface area contributed by atoms with Gasteiger partial charge in [0.1, 0.15) is 0 Å². The molecule has 1 amide bonds. The van der Waals surface area contributed by atoms with Gasteiger partial charge in [0.15, 0.2) is 0 Å². The summed E-state index contributed by atoms with van der Waals surface area (Å²) < 4.78 is 1.12. The summed E-state index contributed by atoms with van der Waals surface area (Å²) in [6.45, 7) is 0.751. The summed E-state index contributed by atoms with van der Waals surface area (Å²) in [5.74, 6) is 3.14. The number of nitrogens with zero attached hydrogens (tertiary/aromatic N) is 1. The van der Waals surface area contributed by atoms with Crippen LogP contribution in [-0.4, -0.2) is 17.9 Å². The van der Waals surface area contributed by atoms with E-state index in [-0.39, 0.29) is 0 Å². The Labute approximate surface area is 145 Å². The minimum Gasteiger partial charge on any atom is -0.341 e. The summed E-state index contributed by atoms with van der Waals surface area (Å²) in [4.78, 5) is 16.0. The minimum atomic E-state index is 0.353. The van der Waals surface area contributed by atoms with Crippen molar-refractivity contribution in [3.63, 3.8) is 0 Å². The van der Waals surface area contributed by atoms with E-state index in [2.05, 4.69) is 27.4 Å². The molecule has 1 aromatic rings. The van der Waals surface area contributed by atoms with Gasteiger partial charge >= 0.3 is 0 Å². The molecule has 4 fully saturated rings. The quantitative estimate of drug-likeness (QED) is 0.712. The number of hydrogen-bond acceptors (Lipinski definition) is 2. The molecule has 4 bridgehead atoms. The van der Waals surface area contributed by atoms with Gasteiger partial charge in [0.05, 0.1) is 6.54 Å². The lowest BCUT2D eigenvalue weighted by Crippen LogP contribution is -2.48. The van der Waals surface area contributed by atoms with Crippen LogP contribution in [0.15, 0.2) is 15.9 Å². The second kappa shape index (κ2) is 5.62. The molecule has 1 heterocycles. The third kappa shape index (κ3) is 2.89. The highest BCUT2D eigenvalue weighted by atomic mass is 79.9. The SMILES string of the molecule is CN(Cc1cc(Br)cs1)C(=O)CC12CC3CC(CC(C3)C1)C2. The maximum atomic E-state index is 12.8. The maximum absolute atomic E-state index is 12.8. The van der Waals surface area contributed by atoms with Gasteiger partial charge < -0.3 is 4.90 Å². The van der Waals surface area contributed by atoms with Crippen LogP contribution in [0.4, 0.5) is 0 Å². The van der Waals surface area contributed by atoms with Crippen molar-refractivity contribution in [2.45, 2.75) is 51.5 Å². The minimum absolute atomic E-state index is 0.353. The largest absolute Gasteiger partial charge is 0.341 e. The Morgan fingerprint density at radius 2 is 1.86 bits per heavy atom. The average Bonchev–Trinajstić information content (AvgIpc) is 2.81. The molecule has 4 aliphatic rings. The molecule has 0 unspecified atom stereocenters. The van der Waals surface area contributed by atoms with E-state index in [4.69, 9.17) is 0 Å². The fraction of sp³-hybridized carbons (Fsp3) is 0.722. The van der Waals surface area contributed by atoms with Crippen LogP contribution in [0.3, 0.4) is 0 Å². The molecule has 0 N–H and O–H groups in total. The first-order valence-electron chi connectivity index (χ1n) is 8.48. The smallest absolute Gasteiger partial charge is 0.223 e. The van der Waals surface area contributed by atoms with E-state index in [9.17, 15) is 4.79 Å². The molecular formula is C18H24BrNOS. The van der Waals surface area contributed by atoms with Crippen LogP contribution in [0.25, 0.3) is 0 Å². The van der Waals surface area contributed by atoms with Gasteiger partial charge in [-0.1, -0.05) is 0 Å². The zero-order valence-corrected chi connectivity index (χ0v) is 15.6. The standard InChI is InChI=1S/C18H24BrNOS/c1-20(10-16-5-15(19)11-22-16)17(21)9-18-6-12-2-13(7-18)4-14(3-12)8-18/h5,11-14H,2-4,6-10H2,1H3. The lowest BCUT2D eigenvalue weighted by atomic mass is 9.49. The normalized spacial score (nSPS) is 35.8. The lowest BCUT2D eigenvalue weighted by Gasteiger charge is -2.56. The molecule has 0 aliphatic heterocycles. The molecule has 2 nitrogen and oxygen atoms in total. The maximum Gasteiger partial charge on any atom is 0.223 e. The van der Waals surface area contributed by atoms with Gasteiger partial charge in [-0.2, -0.15) is 0 Å². The van der Waals surface area contributed by atoms with E-state index in [0.717, 1.165) is 35.2 Å². The first-order valence-corrected chi connectivity index (χ1v) is 10.2. The fourth-order valence-electron chi connectivity index (χ4n) is 5.72. The van der Waals surface area contributed by atoms with Gasteiger partial charge in [-0.05, 0) is 83.7 Å². The number of hydrogen-bond donors (Lipinski definition) is 0. The molecular weight excluding hydrogens is 358 g/mol. The molecule has 5 rings (SSSR count). The van der Waals surface area contributed by atoms with E-state index < -0.39 is 0 Å². The van der Waals surface area contributed by atoms with Gasteiger partial charge in [0, 0.05) is 28.2 Å². The highest BCUT2D eigenvalue weighted by Crippen LogP contribution is 2.61. The zero-order valence-electron chi connectivity index (χ0n) is 13.2. The Balaban J connectivity index is 1.41. The van der Waals surface area contributed by atoms with Crippen LogP contribution in [0.5, 0.6) is 0 Å². The molecule has 1 aromatic heterocycles.